The van der Waals surface area contributed by atoms with Gasteiger partial charge in [0, 0.05) is 6.66 Å². The average Bonchev–Trinajstić information content (AvgIpc) is 2.48. The monoisotopic (exact) mass is 359 g/mol. The molecule has 0 fully saturated rings. The van der Waals surface area contributed by atoms with Crippen LogP contribution in [0.4, 0.5) is 0 Å². The Labute approximate surface area is 147 Å². The van der Waals surface area contributed by atoms with Crippen molar-refractivity contribution in [2.75, 3.05) is 6.66 Å². The van der Waals surface area contributed by atoms with E-state index in [0.29, 0.717) is 0 Å². The smallest absolute Gasteiger partial charge is 0.311 e. The van der Waals surface area contributed by atoms with Gasteiger partial charge in [0.25, 0.3) is 0 Å². The molecule has 132 valence electrons. The van der Waals surface area contributed by atoms with Gasteiger partial charge in [-0.1, -0.05) is 32.0 Å². The Morgan fingerprint density at radius 1 is 1.22 bits per heavy atom. The molecule has 23 heavy (non-hydrogen) atoms. The quantitative estimate of drug-likeness (QED) is 0.316. The first kappa shape index (κ1) is 22.2. The number of rotatable bonds is 7. The fourth-order valence-corrected chi connectivity index (χ4v) is 3.48. The number of benzene rings is 1. The zero-order chi connectivity index (χ0) is 18.0. The maximum atomic E-state index is 12.0. The summed E-state index contributed by atoms with van der Waals surface area (Å²) in [6, 6.07) is 9.56. The van der Waals surface area contributed by atoms with Crippen LogP contribution in [0.25, 0.3) is 0 Å². The van der Waals surface area contributed by atoms with Gasteiger partial charge in [-0.25, -0.2) is 5.09 Å². The summed E-state index contributed by atoms with van der Waals surface area (Å²) < 4.78 is 11.1. The predicted molar refractivity (Wildman–Crippen MR) is 102 cm³/mol. The summed E-state index contributed by atoms with van der Waals surface area (Å²) in [6.07, 6.45) is -0.132. The predicted octanol–water partition coefficient (Wildman–Crippen LogP) is 4.86. The SMILES string of the molecule is CC.CC(C)OC(=O)C(C)C(C)(S)NP(C)Oc1ccccc1. The Balaban J connectivity index is 0.00000232. The number of para-hydroxylation sites is 1. The topological polar surface area (TPSA) is 47.6 Å². The minimum absolute atomic E-state index is 0.132. The number of nitrogens with one attached hydrogen (secondary N) is 1. The Bertz CT molecular complexity index is 454. The molecule has 0 saturated carbocycles. The number of hydrogen-bond acceptors (Lipinski definition) is 5. The highest BCUT2D eigenvalue weighted by atomic mass is 32.1. The lowest BCUT2D eigenvalue weighted by Crippen LogP contribution is -2.44. The Hall–Kier alpha value is -0.770. The van der Waals surface area contributed by atoms with Gasteiger partial charge in [-0.3, -0.25) is 4.79 Å². The fraction of sp³-hybridized carbons (Fsp3) is 0.588. The molecule has 1 N–H and O–H groups in total. The highest BCUT2D eigenvalue weighted by Gasteiger charge is 2.35. The molecular weight excluding hydrogens is 329 g/mol. The van der Waals surface area contributed by atoms with E-state index < -0.39 is 19.1 Å². The molecule has 0 heterocycles. The van der Waals surface area contributed by atoms with E-state index in [4.69, 9.17) is 9.26 Å². The van der Waals surface area contributed by atoms with E-state index in [1.807, 2.05) is 71.6 Å². The average molecular weight is 359 g/mol. The number of esters is 1. The summed E-state index contributed by atoms with van der Waals surface area (Å²) in [5.74, 6) is 0.130. The molecular formula is C17H30NO3PS. The van der Waals surface area contributed by atoms with Crippen molar-refractivity contribution in [3.8, 4) is 5.75 Å². The second kappa shape index (κ2) is 10.9. The van der Waals surface area contributed by atoms with Crippen LogP contribution in [-0.4, -0.2) is 23.6 Å². The molecule has 0 spiro atoms. The number of carbonyl (C=O) groups is 1. The van der Waals surface area contributed by atoms with Crippen molar-refractivity contribution < 1.29 is 14.1 Å². The van der Waals surface area contributed by atoms with Crippen LogP contribution >= 0.6 is 20.9 Å². The molecule has 0 aliphatic carbocycles. The van der Waals surface area contributed by atoms with Crippen molar-refractivity contribution in [2.24, 2.45) is 5.92 Å². The maximum Gasteiger partial charge on any atom is 0.311 e. The molecule has 0 aliphatic rings. The van der Waals surface area contributed by atoms with Crippen LogP contribution in [-0.2, 0) is 9.53 Å². The normalized spacial score (nSPS) is 15.7. The van der Waals surface area contributed by atoms with E-state index >= 15 is 0 Å². The van der Waals surface area contributed by atoms with Crippen LogP contribution < -0.4 is 9.61 Å². The molecule has 0 radical (unpaired) electrons. The van der Waals surface area contributed by atoms with E-state index in [9.17, 15) is 4.79 Å². The van der Waals surface area contributed by atoms with Gasteiger partial charge in [-0.2, -0.15) is 12.6 Å². The molecule has 1 aromatic carbocycles. The van der Waals surface area contributed by atoms with Gasteiger partial charge in [-0.15, -0.1) is 0 Å². The number of ether oxygens (including phenoxy) is 1. The lowest BCUT2D eigenvalue weighted by molar-refractivity contribution is -0.152. The van der Waals surface area contributed by atoms with E-state index in [0.717, 1.165) is 5.75 Å². The third-order valence-corrected chi connectivity index (χ3v) is 4.86. The van der Waals surface area contributed by atoms with Crippen LogP contribution in [0.3, 0.4) is 0 Å². The maximum absolute atomic E-state index is 12.0. The minimum atomic E-state index is -0.957. The third-order valence-electron chi connectivity index (χ3n) is 2.92. The largest absolute Gasteiger partial charge is 0.463 e. The molecule has 0 aromatic heterocycles. The fourth-order valence-electron chi connectivity index (χ4n) is 1.64. The molecule has 0 amide bonds. The summed E-state index contributed by atoms with van der Waals surface area (Å²) in [6.45, 7) is 13.3. The Morgan fingerprint density at radius 3 is 2.22 bits per heavy atom. The van der Waals surface area contributed by atoms with Crippen LogP contribution in [0.2, 0.25) is 0 Å². The molecule has 4 nitrogen and oxygen atoms in total. The molecule has 3 atom stereocenters. The van der Waals surface area contributed by atoms with Gasteiger partial charge in [0.2, 0.25) is 0 Å². The summed E-state index contributed by atoms with van der Waals surface area (Å²) in [7, 11) is -0.957. The number of thiol groups is 1. The van der Waals surface area contributed by atoms with Gasteiger partial charge in [0.15, 0.2) is 8.30 Å². The summed E-state index contributed by atoms with van der Waals surface area (Å²) in [5, 5.41) is 3.26. The van der Waals surface area contributed by atoms with Crippen molar-refractivity contribution in [3.63, 3.8) is 0 Å². The van der Waals surface area contributed by atoms with E-state index in [-0.39, 0.29) is 12.1 Å². The highest BCUT2D eigenvalue weighted by molar-refractivity contribution is 7.82. The Kier molecular flexibility index (Phi) is 10.5. The van der Waals surface area contributed by atoms with Crippen LogP contribution in [0.5, 0.6) is 5.75 Å². The summed E-state index contributed by atoms with van der Waals surface area (Å²) >= 11 is 4.57. The molecule has 0 bridgehead atoms. The van der Waals surface area contributed by atoms with E-state index in [1.54, 1.807) is 6.92 Å². The van der Waals surface area contributed by atoms with Gasteiger partial charge in [0.05, 0.1) is 16.9 Å². The van der Waals surface area contributed by atoms with Crippen LogP contribution in [0, 0.1) is 5.92 Å². The first-order chi connectivity index (χ1) is 10.7. The van der Waals surface area contributed by atoms with Crippen LogP contribution in [0.15, 0.2) is 30.3 Å². The van der Waals surface area contributed by atoms with Gasteiger partial charge in [-0.05, 0) is 39.8 Å². The second-order valence-electron chi connectivity index (χ2n) is 5.37. The summed E-state index contributed by atoms with van der Waals surface area (Å²) in [5.41, 5.74) is 0. The lowest BCUT2D eigenvalue weighted by atomic mass is 10.0. The zero-order valence-electron chi connectivity index (χ0n) is 15.2. The molecule has 1 rings (SSSR count). The molecule has 1 aromatic rings. The third kappa shape index (κ3) is 8.59. The molecule has 3 unspecified atom stereocenters. The minimum Gasteiger partial charge on any atom is -0.463 e. The van der Waals surface area contributed by atoms with E-state index in [2.05, 4.69) is 17.7 Å². The van der Waals surface area contributed by atoms with Crippen LogP contribution in [0.1, 0.15) is 41.5 Å². The first-order valence-corrected chi connectivity index (χ1v) is 10.0. The molecule has 0 saturated heterocycles. The molecule has 6 heteroatoms. The number of carbonyl (C=O) groups excluding carboxylic acids is 1. The highest BCUT2D eigenvalue weighted by Crippen LogP contribution is 2.36. The molecule has 0 aliphatic heterocycles. The van der Waals surface area contributed by atoms with Crippen molar-refractivity contribution >= 4 is 26.9 Å². The van der Waals surface area contributed by atoms with Crippen molar-refractivity contribution in [1.82, 2.24) is 5.09 Å². The van der Waals surface area contributed by atoms with Crippen molar-refractivity contribution in [2.45, 2.75) is 52.5 Å². The van der Waals surface area contributed by atoms with E-state index in [1.165, 1.54) is 0 Å². The Morgan fingerprint density at radius 2 is 1.74 bits per heavy atom. The second-order valence-corrected chi connectivity index (χ2v) is 7.70. The van der Waals surface area contributed by atoms with Crippen molar-refractivity contribution in [1.29, 1.82) is 0 Å². The number of hydrogen-bond donors (Lipinski definition) is 2. The van der Waals surface area contributed by atoms with Gasteiger partial charge in [0.1, 0.15) is 5.75 Å². The first-order valence-electron chi connectivity index (χ1n) is 7.90. The zero-order valence-corrected chi connectivity index (χ0v) is 16.9. The lowest BCUT2D eigenvalue weighted by Gasteiger charge is -2.33. The van der Waals surface area contributed by atoms with Crippen molar-refractivity contribution in [3.05, 3.63) is 30.3 Å². The van der Waals surface area contributed by atoms with Gasteiger partial charge >= 0.3 is 5.97 Å². The van der Waals surface area contributed by atoms with Gasteiger partial charge < -0.3 is 9.26 Å². The summed E-state index contributed by atoms with van der Waals surface area (Å²) in [4.78, 5) is 11.3. The standard InChI is InChI=1S/C15H24NO3PS.C2H6/c1-11(2)18-14(17)12(3)15(4,21)16-20(5)19-13-9-7-6-8-10-13;1-2/h6-12,16,21H,1-5H3;1-2H3.